The zero-order valence-corrected chi connectivity index (χ0v) is 7.43. The quantitative estimate of drug-likeness (QED) is 0.455. The molecule has 0 aromatic rings. The van der Waals surface area contributed by atoms with E-state index in [0.29, 0.717) is 11.8 Å². The predicted molar refractivity (Wildman–Crippen MR) is 48.9 cm³/mol. The molecule has 2 rings (SSSR count). The van der Waals surface area contributed by atoms with Gasteiger partial charge in [-0.2, -0.15) is 4.99 Å². The molecule has 62 valence electrons. The molecule has 0 spiro atoms. The molecule has 1 saturated carbocycles. The fourth-order valence-electron chi connectivity index (χ4n) is 2.19. The molecule has 2 unspecified atom stereocenters. The summed E-state index contributed by atoms with van der Waals surface area (Å²) >= 11 is 4.39. The summed E-state index contributed by atoms with van der Waals surface area (Å²) in [5, 5.41) is 2.12. The Kier molecular flexibility index (Phi) is 1.91. The number of carbonyl (C=O) groups excluding carboxylic acids is 1. The molecule has 2 aliphatic carbocycles. The van der Waals surface area contributed by atoms with E-state index in [4.69, 9.17) is 0 Å². The van der Waals surface area contributed by atoms with Gasteiger partial charge < -0.3 is 0 Å². The van der Waals surface area contributed by atoms with Crippen molar-refractivity contribution in [2.24, 2.45) is 16.8 Å². The number of rotatable bonds is 1. The number of allylic oxidation sites excluding steroid dienone is 1. The summed E-state index contributed by atoms with van der Waals surface area (Å²) in [6.07, 6.45) is 5.60. The molecule has 0 N–H and O–H groups in total. The standard InChI is InChI=1S/C9H9NOS/c11-9(10-5-12)8-4-6-1-2-7(8)3-6/h4,6-7H,1-3H2. The summed E-state index contributed by atoms with van der Waals surface area (Å²) in [5.41, 5.74) is 0.878. The van der Waals surface area contributed by atoms with Crippen molar-refractivity contribution in [2.45, 2.75) is 19.3 Å². The Labute approximate surface area is 76.4 Å². The molecule has 0 radical (unpaired) electrons. The van der Waals surface area contributed by atoms with E-state index >= 15 is 0 Å². The molecule has 0 saturated heterocycles. The van der Waals surface area contributed by atoms with Gasteiger partial charge in [0.15, 0.2) is 0 Å². The van der Waals surface area contributed by atoms with Crippen LogP contribution in [-0.2, 0) is 4.79 Å². The largest absolute Gasteiger partial charge is 0.281 e. The van der Waals surface area contributed by atoms with Gasteiger partial charge in [-0.3, -0.25) is 4.79 Å². The molecular weight excluding hydrogens is 170 g/mol. The second kappa shape index (κ2) is 2.92. The van der Waals surface area contributed by atoms with Crippen LogP contribution in [0.5, 0.6) is 0 Å². The van der Waals surface area contributed by atoms with E-state index in [-0.39, 0.29) is 5.91 Å². The van der Waals surface area contributed by atoms with Gasteiger partial charge >= 0.3 is 0 Å². The molecule has 3 heteroatoms. The molecule has 2 aliphatic rings. The number of nitrogens with zero attached hydrogens (tertiary/aromatic N) is 1. The van der Waals surface area contributed by atoms with Crippen molar-refractivity contribution in [3.05, 3.63) is 11.6 Å². The molecular formula is C9H9NOS. The van der Waals surface area contributed by atoms with Gasteiger partial charge in [-0.25, -0.2) is 0 Å². The highest BCUT2D eigenvalue weighted by molar-refractivity contribution is 7.78. The number of hydrogen-bond donors (Lipinski definition) is 0. The smallest absolute Gasteiger partial charge is 0.266 e. The van der Waals surface area contributed by atoms with E-state index in [1.165, 1.54) is 6.42 Å². The third kappa shape index (κ3) is 1.15. The maximum atomic E-state index is 11.3. The van der Waals surface area contributed by atoms with Gasteiger partial charge in [-0.05, 0) is 43.3 Å². The van der Waals surface area contributed by atoms with Crippen molar-refractivity contribution in [3.8, 4) is 0 Å². The Bertz CT molecular complexity index is 302. The van der Waals surface area contributed by atoms with Crippen LogP contribution in [0.1, 0.15) is 19.3 Å². The highest BCUT2D eigenvalue weighted by Gasteiger charge is 2.35. The Morgan fingerprint density at radius 2 is 2.50 bits per heavy atom. The van der Waals surface area contributed by atoms with Crippen molar-refractivity contribution in [2.75, 3.05) is 0 Å². The van der Waals surface area contributed by atoms with Gasteiger partial charge in [0, 0.05) is 5.57 Å². The molecule has 2 nitrogen and oxygen atoms in total. The highest BCUT2D eigenvalue weighted by atomic mass is 32.1. The lowest BCUT2D eigenvalue weighted by atomic mass is 9.98. The minimum atomic E-state index is -0.169. The van der Waals surface area contributed by atoms with E-state index < -0.39 is 0 Å². The molecule has 0 heterocycles. The third-order valence-corrected chi connectivity index (χ3v) is 2.81. The van der Waals surface area contributed by atoms with Crippen LogP contribution < -0.4 is 0 Å². The average molecular weight is 179 g/mol. The summed E-state index contributed by atoms with van der Waals surface area (Å²) in [5.74, 6) is 0.932. The minimum absolute atomic E-state index is 0.169. The first kappa shape index (κ1) is 7.84. The summed E-state index contributed by atoms with van der Waals surface area (Å²) in [6, 6.07) is 0. The SMILES string of the molecule is O=C(N=C=S)C1=CC2CCC1C2. The normalized spacial score (nSPS) is 31.2. The van der Waals surface area contributed by atoms with Gasteiger partial charge in [-0.1, -0.05) is 6.08 Å². The number of hydrogen-bond acceptors (Lipinski definition) is 2. The fourth-order valence-corrected chi connectivity index (χ4v) is 2.28. The molecule has 1 fully saturated rings. The average Bonchev–Trinajstić information content (AvgIpc) is 2.64. The van der Waals surface area contributed by atoms with Crippen LogP contribution in [-0.4, -0.2) is 11.1 Å². The first-order valence-electron chi connectivity index (χ1n) is 4.15. The minimum Gasteiger partial charge on any atom is -0.266 e. The van der Waals surface area contributed by atoms with Gasteiger partial charge in [-0.15, -0.1) is 0 Å². The molecule has 1 amide bonds. The number of carbonyl (C=O) groups is 1. The second-order valence-electron chi connectivity index (χ2n) is 3.40. The molecule has 0 aromatic carbocycles. The van der Waals surface area contributed by atoms with E-state index in [2.05, 4.69) is 28.4 Å². The van der Waals surface area contributed by atoms with E-state index in [1.807, 2.05) is 0 Å². The molecule has 0 aromatic heterocycles. The first-order valence-corrected chi connectivity index (χ1v) is 4.56. The van der Waals surface area contributed by atoms with Crippen molar-refractivity contribution in [1.82, 2.24) is 0 Å². The summed E-state index contributed by atoms with van der Waals surface area (Å²) < 4.78 is 0. The van der Waals surface area contributed by atoms with Gasteiger partial charge in [0.25, 0.3) is 5.91 Å². The Morgan fingerprint density at radius 1 is 1.67 bits per heavy atom. The van der Waals surface area contributed by atoms with E-state index in [0.717, 1.165) is 18.4 Å². The fraction of sp³-hybridized carbons (Fsp3) is 0.556. The Hall–Kier alpha value is -0.790. The van der Waals surface area contributed by atoms with Crippen molar-refractivity contribution < 1.29 is 4.79 Å². The lowest BCUT2D eigenvalue weighted by Gasteiger charge is -2.07. The van der Waals surface area contributed by atoms with Crippen LogP contribution in [0, 0.1) is 11.8 Å². The monoisotopic (exact) mass is 179 g/mol. The van der Waals surface area contributed by atoms with Crippen LogP contribution in [0.25, 0.3) is 0 Å². The van der Waals surface area contributed by atoms with Gasteiger partial charge in [0.1, 0.15) is 0 Å². The number of amides is 1. The lowest BCUT2D eigenvalue weighted by Crippen LogP contribution is -2.06. The maximum Gasteiger partial charge on any atom is 0.281 e. The number of isothiocyanates is 1. The van der Waals surface area contributed by atoms with E-state index in [9.17, 15) is 4.79 Å². The van der Waals surface area contributed by atoms with Crippen molar-refractivity contribution in [3.63, 3.8) is 0 Å². The molecule has 2 atom stereocenters. The molecule has 12 heavy (non-hydrogen) atoms. The number of aliphatic imine (C=N–C) groups is 1. The van der Waals surface area contributed by atoms with Gasteiger partial charge in [0.05, 0.1) is 5.16 Å². The topological polar surface area (TPSA) is 29.4 Å². The zero-order chi connectivity index (χ0) is 8.55. The Morgan fingerprint density at radius 3 is 3.00 bits per heavy atom. The van der Waals surface area contributed by atoms with Crippen LogP contribution in [0.3, 0.4) is 0 Å². The van der Waals surface area contributed by atoms with Crippen molar-refractivity contribution in [1.29, 1.82) is 0 Å². The van der Waals surface area contributed by atoms with E-state index in [1.54, 1.807) is 0 Å². The Balaban J connectivity index is 2.20. The number of thiocarbonyl (C=S) groups is 1. The highest BCUT2D eigenvalue weighted by Crippen LogP contribution is 2.43. The number of fused-ring (bicyclic) bond motifs is 2. The van der Waals surface area contributed by atoms with Gasteiger partial charge in [0.2, 0.25) is 0 Å². The maximum absolute atomic E-state index is 11.3. The lowest BCUT2D eigenvalue weighted by molar-refractivity contribution is -0.114. The van der Waals surface area contributed by atoms with Crippen LogP contribution in [0.2, 0.25) is 0 Å². The predicted octanol–water partition coefficient (Wildman–Crippen LogP) is 1.97. The summed E-state index contributed by atoms with van der Waals surface area (Å²) in [6.45, 7) is 0. The zero-order valence-electron chi connectivity index (χ0n) is 6.62. The van der Waals surface area contributed by atoms with Crippen LogP contribution in [0.4, 0.5) is 0 Å². The van der Waals surface area contributed by atoms with Crippen LogP contribution >= 0.6 is 12.2 Å². The third-order valence-electron chi connectivity index (χ3n) is 2.72. The van der Waals surface area contributed by atoms with Crippen molar-refractivity contribution >= 4 is 23.3 Å². The van der Waals surface area contributed by atoms with Crippen LogP contribution in [0.15, 0.2) is 16.6 Å². The summed E-state index contributed by atoms with van der Waals surface area (Å²) in [4.78, 5) is 14.8. The summed E-state index contributed by atoms with van der Waals surface area (Å²) in [7, 11) is 0. The first-order chi connectivity index (χ1) is 5.81. The molecule has 2 bridgehead atoms. The second-order valence-corrected chi connectivity index (χ2v) is 3.58. The molecule has 0 aliphatic heterocycles.